The molecule has 0 saturated carbocycles. The van der Waals surface area contributed by atoms with Crippen LogP contribution in [-0.4, -0.2) is 52.9 Å². The predicted octanol–water partition coefficient (Wildman–Crippen LogP) is 3.85. The summed E-state index contributed by atoms with van der Waals surface area (Å²) in [6.07, 6.45) is 7.92. The molecule has 0 spiro atoms. The van der Waals surface area contributed by atoms with E-state index in [1.807, 2.05) is 12.3 Å². The molecule has 5 heteroatoms. The lowest BCUT2D eigenvalue weighted by atomic mass is 10.00. The van der Waals surface area contributed by atoms with Gasteiger partial charge in [-0.2, -0.15) is 0 Å². The first-order valence-corrected chi connectivity index (χ1v) is 12.1. The Bertz CT molecular complexity index is 1070. The largest absolute Gasteiger partial charge is 0.330 e. The summed E-state index contributed by atoms with van der Waals surface area (Å²) in [5.74, 6) is 1.74. The van der Waals surface area contributed by atoms with Crippen LogP contribution in [-0.2, 0) is 13.1 Å². The Kier molecular flexibility index (Phi) is 5.11. The van der Waals surface area contributed by atoms with E-state index in [-0.39, 0.29) is 5.91 Å². The fourth-order valence-corrected chi connectivity index (χ4v) is 6.26. The van der Waals surface area contributed by atoms with E-state index < -0.39 is 0 Å². The highest BCUT2D eigenvalue weighted by Crippen LogP contribution is 2.37. The van der Waals surface area contributed by atoms with E-state index in [2.05, 4.69) is 57.4 Å². The van der Waals surface area contributed by atoms with E-state index in [1.165, 1.54) is 25.1 Å². The molecular formula is C27H32N4O. The second kappa shape index (κ2) is 8.13. The zero-order valence-electron chi connectivity index (χ0n) is 18.9. The normalized spacial score (nSPS) is 27.5. The number of likely N-dealkylation sites (tertiary alicyclic amines) is 1. The minimum atomic E-state index is 0.186. The SMILES string of the molecule is CC1=CC2CN(Cc3ccnc(-c4ccc5c(c4)CN([C@H]4CCCNC4)C5=O)c3)CC2C1. The molecule has 6 rings (SSSR count). The molecule has 4 heterocycles. The van der Waals surface area contributed by atoms with Gasteiger partial charge in [0.05, 0.1) is 5.69 Å². The van der Waals surface area contributed by atoms with Gasteiger partial charge < -0.3 is 10.2 Å². The third-order valence-corrected chi connectivity index (χ3v) is 7.83. The van der Waals surface area contributed by atoms with Crippen LogP contribution in [0.1, 0.15) is 47.7 Å². The fourth-order valence-electron chi connectivity index (χ4n) is 6.26. The summed E-state index contributed by atoms with van der Waals surface area (Å²) < 4.78 is 0. The third kappa shape index (κ3) is 3.67. The highest BCUT2D eigenvalue weighted by Gasteiger charge is 2.35. The lowest BCUT2D eigenvalue weighted by molar-refractivity contribution is 0.0674. The van der Waals surface area contributed by atoms with Crippen LogP contribution in [0.4, 0.5) is 0 Å². The average molecular weight is 429 g/mol. The van der Waals surface area contributed by atoms with Gasteiger partial charge in [0, 0.05) is 56.1 Å². The van der Waals surface area contributed by atoms with Gasteiger partial charge in [-0.3, -0.25) is 14.7 Å². The molecule has 166 valence electrons. The standard InChI is InChI=1S/C27H32N4O/c1-18-9-21-15-30(16-22(21)10-18)14-19-6-8-29-26(11-19)20-4-5-25-23(12-20)17-31(27(25)32)24-3-2-7-28-13-24/h4-6,8-9,11-12,21-22,24,28H,2-3,7,10,13-17H2,1H3/t21?,22?,24-/m0/s1. The van der Waals surface area contributed by atoms with E-state index in [0.29, 0.717) is 6.04 Å². The molecule has 1 aromatic carbocycles. The molecular weight excluding hydrogens is 396 g/mol. The lowest BCUT2D eigenvalue weighted by Crippen LogP contribution is -2.46. The Morgan fingerprint density at radius 2 is 2.12 bits per heavy atom. The molecule has 2 unspecified atom stereocenters. The van der Waals surface area contributed by atoms with Crippen molar-refractivity contribution in [2.24, 2.45) is 11.8 Å². The summed E-state index contributed by atoms with van der Waals surface area (Å²) in [6.45, 7) is 8.32. The number of aromatic nitrogens is 1. The molecule has 0 radical (unpaired) electrons. The van der Waals surface area contributed by atoms with Gasteiger partial charge in [-0.1, -0.05) is 17.7 Å². The van der Waals surface area contributed by atoms with Crippen molar-refractivity contribution in [3.63, 3.8) is 0 Å². The van der Waals surface area contributed by atoms with E-state index in [9.17, 15) is 4.79 Å². The molecule has 4 aliphatic rings. The summed E-state index contributed by atoms with van der Waals surface area (Å²) in [5.41, 5.74) is 7.01. The van der Waals surface area contributed by atoms with Gasteiger partial charge in [0.15, 0.2) is 0 Å². The highest BCUT2D eigenvalue weighted by molar-refractivity contribution is 5.99. The van der Waals surface area contributed by atoms with Crippen molar-refractivity contribution in [1.82, 2.24) is 20.1 Å². The molecule has 1 aliphatic carbocycles. The maximum absolute atomic E-state index is 13.0. The van der Waals surface area contributed by atoms with Crippen molar-refractivity contribution < 1.29 is 4.79 Å². The molecule has 1 N–H and O–H groups in total. The number of hydrogen-bond donors (Lipinski definition) is 1. The molecule has 2 aromatic rings. The van der Waals surface area contributed by atoms with Gasteiger partial charge in [0.2, 0.25) is 0 Å². The van der Waals surface area contributed by atoms with Crippen LogP contribution in [0.3, 0.4) is 0 Å². The summed E-state index contributed by atoms with van der Waals surface area (Å²) in [4.78, 5) is 22.3. The van der Waals surface area contributed by atoms with Gasteiger partial charge in [-0.15, -0.1) is 0 Å². The minimum absolute atomic E-state index is 0.186. The zero-order chi connectivity index (χ0) is 21.7. The van der Waals surface area contributed by atoms with E-state index in [1.54, 1.807) is 5.57 Å². The number of fused-ring (bicyclic) bond motifs is 2. The number of nitrogens with zero attached hydrogens (tertiary/aromatic N) is 3. The molecule has 32 heavy (non-hydrogen) atoms. The van der Waals surface area contributed by atoms with E-state index >= 15 is 0 Å². The summed E-state index contributed by atoms with van der Waals surface area (Å²) >= 11 is 0. The van der Waals surface area contributed by atoms with Crippen LogP contribution in [0, 0.1) is 11.8 Å². The second-order valence-electron chi connectivity index (χ2n) is 10.2. The zero-order valence-corrected chi connectivity index (χ0v) is 18.9. The fraction of sp³-hybridized carbons (Fsp3) is 0.481. The van der Waals surface area contributed by atoms with Crippen LogP contribution in [0.15, 0.2) is 48.2 Å². The number of hydrogen-bond acceptors (Lipinski definition) is 4. The first kappa shape index (κ1) is 20.1. The van der Waals surface area contributed by atoms with E-state index in [0.717, 1.165) is 73.2 Å². The third-order valence-electron chi connectivity index (χ3n) is 7.83. The van der Waals surface area contributed by atoms with Gasteiger partial charge in [0.25, 0.3) is 5.91 Å². The first-order valence-electron chi connectivity index (χ1n) is 12.1. The summed E-state index contributed by atoms with van der Waals surface area (Å²) in [7, 11) is 0. The van der Waals surface area contributed by atoms with Gasteiger partial charge in [-0.05, 0) is 80.0 Å². The van der Waals surface area contributed by atoms with Gasteiger partial charge >= 0.3 is 0 Å². The van der Waals surface area contributed by atoms with Crippen LogP contribution in [0.25, 0.3) is 11.3 Å². The molecule has 1 aromatic heterocycles. The molecule has 0 bridgehead atoms. The Morgan fingerprint density at radius 1 is 1.19 bits per heavy atom. The average Bonchev–Trinajstić information content (AvgIpc) is 3.45. The van der Waals surface area contributed by atoms with Crippen LogP contribution < -0.4 is 5.32 Å². The Labute approximate surface area is 190 Å². The molecule has 2 fully saturated rings. The predicted molar refractivity (Wildman–Crippen MR) is 126 cm³/mol. The number of piperidine rings is 1. The van der Waals surface area contributed by atoms with Crippen LogP contribution in [0.2, 0.25) is 0 Å². The van der Waals surface area contributed by atoms with Gasteiger partial charge in [0.1, 0.15) is 0 Å². The van der Waals surface area contributed by atoms with Crippen LogP contribution in [0.5, 0.6) is 0 Å². The Hall–Kier alpha value is -2.50. The number of nitrogens with one attached hydrogen (secondary N) is 1. The van der Waals surface area contributed by atoms with Crippen molar-refractivity contribution in [2.75, 3.05) is 26.2 Å². The number of carbonyl (C=O) groups excluding carboxylic acids is 1. The number of carbonyl (C=O) groups is 1. The summed E-state index contributed by atoms with van der Waals surface area (Å²) in [6, 6.07) is 11.0. The number of benzene rings is 1. The minimum Gasteiger partial charge on any atom is -0.330 e. The molecule has 3 aliphatic heterocycles. The Morgan fingerprint density at radius 3 is 2.97 bits per heavy atom. The molecule has 1 amide bonds. The topological polar surface area (TPSA) is 48.5 Å². The smallest absolute Gasteiger partial charge is 0.254 e. The quantitative estimate of drug-likeness (QED) is 0.752. The second-order valence-corrected chi connectivity index (χ2v) is 10.2. The van der Waals surface area contributed by atoms with Gasteiger partial charge in [-0.25, -0.2) is 0 Å². The lowest BCUT2D eigenvalue weighted by Gasteiger charge is -2.31. The van der Waals surface area contributed by atoms with Crippen molar-refractivity contribution in [3.05, 3.63) is 64.9 Å². The first-order chi connectivity index (χ1) is 15.6. The maximum Gasteiger partial charge on any atom is 0.254 e. The molecule has 3 atom stereocenters. The Balaban J connectivity index is 1.18. The van der Waals surface area contributed by atoms with Crippen molar-refractivity contribution in [1.29, 1.82) is 0 Å². The number of pyridine rings is 1. The number of allylic oxidation sites excluding steroid dienone is 1. The summed E-state index contributed by atoms with van der Waals surface area (Å²) in [5, 5.41) is 3.44. The maximum atomic E-state index is 13.0. The highest BCUT2D eigenvalue weighted by atomic mass is 16.2. The number of amides is 1. The number of rotatable bonds is 4. The monoisotopic (exact) mass is 428 g/mol. The van der Waals surface area contributed by atoms with Crippen LogP contribution >= 0.6 is 0 Å². The molecule has 2 saturated heterocycles. The molecule has 5 nitrogen and oxygen atoms in total. The van der Waals surface area contributed by atoms with Crippen molar-refractivity contribution in [2.45, 2.75) is 45.3 Å². The van der Waals surface area contributed by atoms with E-state index in [4.69, 9.17) is 0 Å². The van der Waals surface area contributed by atoms with Crippen molar-refractivity contribution in [3.8, 4) is 11.3 Å². The van der Waals surface area contributed by atoms with Crippen molar-refractivity contribution >= 4 is 5.91 Å².